The molecule has 1 amide bonds. The Balaban J connectivity index is 2.17. The Morgan fingerprint density at radius 2 is 1.63 bits per heavy atom. The van der Waals surface area contributed by atoms with Crippen molar-refractivity contribution in [2.24, 2.45) is 0 Å². The number of carbonyl (C=O) groups excluding carboxylic acids is 1. The van der Waals surface area contributed by atoms with E-state index in [1.807, 2.05) is 30.3 Å². The summed E-state index contributed by atoms with van der Waals surface area (Å²) in [4.78, 5) is 12.5. The Morgan fingerprint density at radius 3 is 2.22 bits per heavy atom. The topological polar surface area (TPSA) is 56.8 Å². The molecular weight excluding hydrogens is 342 g/mol. The van der Waals surface area contributed by atoms with E-state index >= 15 is 0 Å². The quantitative estimate of drug-likeness (QED) is 0.666. The van der Waals surface area contributed by atoms with Crippen LogP contribution in [0, 0.1) is 0 Å². The van der Waals surface area contributed by atoms with Gasteiger partial charge in [-0.2, -0.15) is 0 Å². The van der Waals surface area contributed by atoms with Crippen LogP contribution < -0.4 is 19.5 Å². The molecule has 0 fully saturated rings. The number of carbonyl (C=O) groups is 1. The summed E-state index contributed by atoms with van der Waals surface area (Å²) in [5.74, 6) is 1.59. The highest BCUT2D eigenvalue weighted by Gasteiger charge is 2.13. The summed E-state index contributed by atoms with van der Waals surface area (Å²) >= 11 is 0. The van der Waals surface area contributed by atoms with Crippen molar-refractivity contribution in [3.63, 3.8) is 0 Å². The molecular formula is C22H27NO4. The van der Waals surface area contributed by atoms with Gasteiger partial charge in [0.2, 0.25) is 5.91 Å². The van der Waals surface area contributed by atoms with Crippen LogP contribution >= 0.6 is 0 Å². The van der Waals surface area contributed by atoms with Crippen LogP contribution in [-0.4, -0.2) is 27.2 Å². The SMILES string of the molecule is CCCC(NC(=O)/C=C/c1cc(OC)c(OC)cc1OC)c1ccccc1. The molecule has 5 heteroatoms. The average Bonchev–Trinajstić information content (AvgIpc) is 2.71. The van der Waals surface area contributed by atoms with E-state index in [2.05, 4.69) is 12.2 Å². The van der Waals surface area contributed by atoms with Gasteiger partial charge in [-0.05, 0) is 24.1 Å². The number of amides is 1. The van der Waals surface area contributed by atoms with Crippen LogP contribution in [0.4, 0.5) is 0 Å². The summed E-state index contributed by atoms with van der Waals surface area (Å²) < 4.78 is 16.0. The maximum absolute atomic E-state index is 12.5. The Bertz CT molecular complexity index is 771. The van der Waals surface area contributed by atoms with E-state index < -0.39 is 0 Å². The Labute approximate surface area is 161 Å². The zero-order chi connectivity index (χ0) is 19.6. The Morgan fingerprint density at radius 1 is 1.00 bits per heavy atom. The minimum absolute atomic E-state index is 0.0133. The molecule has 2 rings (SSSR count). The molecule has 144 valence electrons. The van der Waals surface area contributed by atoms with E-state index in [0.29, 0.717) is 17.2 Å². The molecule has 0 radical (unpaired) electrons. The first kappa shape index (κ1) is 20.4. The first-order valence-electron chi connectivity index (χ1n) is 8.96. The standard InChI is InChI=1S/C22H27NO4/c1-5-9-18(16-10-7-6-8-11-16)23-22(24)13-12-17-14-20(26-3)21(27-4)15-19(17)25-2/h6-8,10-15,18H,5,9H2,1-4H3,(H,23,24)/b13-12+. The molecule has 27 heavy (non-hydrogen) atoms. The molecule has 5 nitrogen and oxygen atoms in total. The molecule has 0 aliphatic rings. The summed E-state index contributed by atoms with van der Waals surface area (Å²) in [6.07, 6.45) is 5.08. The number of nitrogens with one attached hydrogen (secondary N) is 1. The van der Waals surface area contributed by atoms with Gasteiger partial charge in [-0.15, -0.1) is 0 Å². The van der Waals surface area contributed by atoms with E-state index in [4.69, 9.17) is 14.2 Å². The third-order valence-electron chi connectivity index (χ3n) is 4.25. The van der Waals surface area contributed by atoms with Gasteiger partial charge in [-0.25, -0.2) is 0 Å². The van der Waals surface area contributed by atoms with Gasteiger partial charge in [0.05, 0.1) is 27.4 Å². The number of rotatable bonds is 9. The zero-order valence-electron chi connectivity index (χ0n) is 16.3. The molecule has 0 aliphatic carbocycles. The van der Waals surface area contributed by atoms with Crippen molar-refractivity contribution >= 4 is 12.0 Å². The van der Waals surface area contributed by atoms with Crippen LogP contribution in [0.1, 0.15) is 36.9 Å². The van der Waals surface area contributed by atoms with Gasteiger partial charge in [0.25, 0.3) is 0 Å². The second kappa shape index (κ2) is 10.3. The summed E-state index contributed by atoms with van der Waals surface area (Å²) in [7, 11) is 4.71. The fraction of sp³-hybridized carbons (Fsp3) is 0.318. The van der Waals surface area contributed by atoms with Crippen molar-refractivity contribution in [1.82, 2.24) is 5.32 Å². The first-order chi connectivity index (χ1) is 13.1. The molecule has 2 aromatic carbocycles. The normalized spacial score (nSPS) is 11.9. The van der Waals surface area contributed by atoms with Crippen molar-refractivity contribution in [2.45, 2.75) is 25.8 Å². The van der Waals surface area contributed by atoms with Gasteiger partial charge >= 0.3 is 0 Å². The van der Waals surface area contributed by atoms with Crippen molar-refractivity contribution in [3.05, 3.63) is 59.7 Å². The van der Waals surface area contributed by atoms with E-state index in [1.54, 1.807) is 39.5 Å². The van der Waals surface area contributed by atoms with E-state index in [9.17, 15) is 4.79 Å². The first-order valence-corrected chi connectivity index (χ1v) is 8.96. The highest BCUT2D eigenvalue weighted by molar-refractivity contribution is 5.92. The highest BCUT2D eigenvalue weighted by atomic mass is 16.5. The molecule has 0 spiro atoms. The van der Waals surface area contributed by atoms with E-state index in [-0.39, 0.29) is 11.9 Å². The van der Waals surface area contributed by atoms with Gasteiger partial charge in [-0.3, -0.25) is 4.79 Å². The number of ether oxygens (including phenoxy) is 3. The van der Waals surface area contributed by atoms with Crippen molar-refractivity contribution in [3.8, 4) is 17.2 Å². The molecule has 0 saturated carbocycles. The smallest absolute Gasteiger partial charge is 0.244 e. The third kappa shape index (κ3) is 5.51. The summed E-state index contributed by atoms with van der Waals surface area (Å²) in [5.41, 5.74) is 1.84. The molecule has 2 aromatic rings. The predicted octanol–water partition coefficient (Wildman–Crippen LogP) is 4.38. The second-order valence-electron chi connectivity index (χ2n) is 6.04. The summed E-state index contributed by atoms with van der Waals surface area (Å²) in [6.45, 7) is 2.10. The molecule has 1 unspecified atom stereocenters. The van der Waals surface area contributed by atoms with Gasteiger partial charge in [0.1, 0.15) is 5.75 Å². The fourth-order valence-corrected chi connectivity index (χ4v) is 2.86. The monoisotopic (exact) mass is 369 g/mol. The van der Waals surface area contributed by atoms with Gasteiger partial charge in [0.15, 0.2) is 11.5 Å². The van der Waals surface area contributed by atoms with Crippen molar-refractivity contribution in [1.29, 1.82) is 0 Å². The molecule has 0 aliphatic heterocycles. The number of hydrogen-bond donors (Lipinski definition) is 1. The lowest BCUT2D eigenvalue weighted by Crippen LogP contribution is -2.26. The van der Waals surface area contributed by atoms with Gasteiger partial charge < -0.3 is 19.5 Å². The van der Waals surface area contributed by atoms with Crippen LogP contribution in [0.5, 0.6) is 17.2 Å². The van der Waals surface area contributed by atoms with E-state index in [0.717, 1.165) is 24.0 Å². The van der Waals surface area contributed by atoms with Crippen LogP contribution in [0.3, 0.4) is 0 Å². The lowest BCUT2D eigenvalue weighted by molar-refractivity contribution is -0.117. The van der Waals surface area contributed by atoms with Crippen LogP contribution in [0.25, 0.3) is 6.08 Å². The Hall–Kier alpha value is -2.95. The number of benzene rings is 2. The number of hydrogen-bond acceptors (Lipinski definition) is 4. The Kier molecular flexibility index (Phi) is 7.74. The van der Waals surface area contributed by atoms with Crippen LogP contribution in [-0.2, 0) is 4.79 Å². The lowest BCUT2D eigenvalue weighted by Gasteiger charge is -2.17. The molecule has 0 aromatic heterocycles. The molecule has 0 heterocycles. The number of methoxy groups -OCH3 is 3. The molecule has 1 N–H and O–H groups in total. The van der Waals surface area contributed by atoms with Gasteiger partial charge in [-0.1, -0.05) is 43.7 Å². The molecule has 1 atom stereocenters. The minimum atomic E-state index is -0.158. The van der Waals surface area contributed by atoms with Crippen molar-refractivity contribution < 1.29 is 19.0 Å². The lowest BCUT2D eigenvalue weighted by atomic mass is 10.0. The zero-order valence-corrected chi connectivity index (χ0v) is 16.3. The summed E-state index contributed by atoms with van der Waals surface area (Å²) in [5, 5.41) is 3.07. The van der Waals surface area contributed by atoms with Gasteiger partial charge in [0, 0.05) is 17.7 Å². The average molecular weight is 369 g/mol. The minimum Gasteiger partial charge on any atom is -0.496 e. The summed E-state index contributed by atoms with van der Waals surface area (Å²) in [6, 6.07) is 13.5. The predicted molar refractivity (Wildman–Crippen MR) is 107 cm³/mol. The third-order valence-corrected chi connectivity index (χ3v) is 4.25. The van der Waals surface area contributed by atoms with Crippen LogP contribution in [0.2, 0.25) is 0 Å². The highest BCUT2D eigenvalue weighted by Crippen LogP contribution is 2.35. The largest absolute Gasteiger partial charge is 0.496 e. The van der Waals surface area contributed by atoms with E-state index in [1.165, 1.54) is 6.08 Å². The maximum atomic E-state index is 12.5. The van der Waals surface area contributed by atoms with Crippen LogP contribution in [0.15, 0.2) is 48.5 Å². The molecule has 0 saturated heterocycles. The van der Waals surface area contributed by atoms with Crippen molar-refractivity contribution in [2.75, 3.05) is 21.3 Å². The second-order valence-corrected chi connectivity index (χ2v) is 6.04. The maximum Gasteiger partial charge on any atom is 0.244 e. The molecule has 0 bridgehead atoms. The fourth-order valence-electron chi connectivity index (χ4n) is 2.86.